The lowest BCUT2D eigenvalue weighted by atomic mass is 10.1. The van der Waals surface area contributed by atoms with Crippen molar-refractivity contribution in [3.63, 3.8) is 0 Å². The summed E-state index contributed by atoms with van der Waals surface area (Å²) in [4.78, 5) is 8.71. The first-order chi connectivity index (χ1) is 15.0. The number of hydrogen-bond acceptors (Lipinski definition) is 5. The van der Waals surface area contributed by atoms with Crippen LogP contribution in [-0.2, 0) is 6.54 Å². The SMILES string of the molecule is C=C1C(NCc2ccc(N(C)C)cc2)CCN1c1ccc(-n2cnc(C)c2)c(OC)c1. The fourth-order valence-electron chi connectivity index (χ4n) is 4.02. The van der Waals surface area contributed by atoms with E-state index in [2.05, 4.69) is 83.2 Å². The largest absolute Gasteiger partial charge is 0.494 e. The lowest BCUT2D eigenvalue weighted by Crippen LogP contribution is -2.29. The molecule has 2 aromatic carbocycles. The number of anilines is 2. The van der Waals surface area contributed by atoms with Crippen LogP contribution in [0.2, 0.25) is 0 Å². The molecule has 0 bridgehead atoms. The quantitative estimate of drug-likeness (QED) is 0.626. The number of aryl methyl sites for hydroxylation is 1. The van der Waals surface area contributed by atoms with Crippen molar-refractivity contribution in [2.24, 2.45) is 0 Å². The van der Waals surface area contributed by atoms with Gasteiger partial charge in [-0.1, -0.05) is 18.7 Å². The highest BCUT2D eigenvalue weighted by Gasteiger charge is 2.27. The maximum absolute atomic E-state index is 5.68. The maximum atomic E-state index is 5.68. The molecular weight excluding hydrogens is 386 g/mol. The third-order valence-electron chi connectivity index (χ3n) is 5.86. The van der Waals surface area contributed by atoms with E-state index in [1.165, 1.54) is 11.3 Å². The number of nitrogens with one attached hydrogen (secondary N) is 1. The standard InChI is InChI=1S/C25H31N5O/c1-18-16-29(17-27-18)24-11-10-22(14-25(24)31-5)30-13-12-23(19(30)2)26-15-20-6-8-21(9-7-20)28(3)4/h6-11,14,16-17,23,26H,2,12-13,15H2,1,3-5H3. The highest BCUT2D eigenvalue weighted by molar-refractivity contribution is 5.63. The van der Waals surface area contributed by atoms with E-state index in [1.54, 1.807) is 7.11 Å². The molecule has 0 radical (unpaired) electrons. The summed E-state index contributed by atoms with van der Waals surface area (Å²) in [7, 11) is 5.82. The maximum Gasteiger partial charge on any atom is 0.144 e. The number of rotatable bonds is 7. The smallest absolute Gasteiger partial charge is 0.144 e. The summed E-state index contributed by atoms with van der Waals surface area (Å²) in [5.74, 6) is 0.820. The van der Waals surface area contributed by atoms with Gasteiger partial charge in [0.25, 0.3) is 0 Å². The highest BCUT2D eigenvalue weighted by Crippen LogP contribution is 2.33. The molecule has 1 saturated heterocycles. The third-order valence-corrected chi connectivity index (χ3v) is 5.86. The van der Waals surface area contributed by atoms with Gasteiger partial charge in [-0.15, -0.1) is 0 Å². The van der Waals surface area contributed by atoms with Crippen molar-refractivity contribution in [1.29, 1.82) is 0 Å². The van der Waals surface area contributed by atoms with Crippen LogP contribution in [0.25, 0.3) is 5.69 Å². The van der Waals surface area contributed by atoms with Crippen molar-refractivity contribution in [2.45, 2.75) is 25.9 Å². The number of nitrogens with zero attached hydrogens (tertiary/aromatic N) is 4. The van der Waals surface area contributed by atoms with Gasteiger partial charge in [0, 0.05) is 62.6 Å². The van der Waals surface area contributed by atoms with Gasteiger partial charge in [-0.2, -0.15) is 0 Å². The van der Waals surface area contributed by atoms with E-state index in [4.69, 9.17) is 4.74 Å². The van der Waals surface area contributed by atoms with E-state index in [1.807, 2.05) is 24.0 Å². The van der Waals surface area contributed by atoms with E-state index in [0.717, 1.165) is 48.0 Å². The Bertz CT molecular complexity index is 1050. The average Bonchev–Trinajstić information content (AvgIpc) is 3.37. The minimum Gasteiger partial charge on any atom is -0.494 e. The highest BCUT2D eigenvalue weighted by atomic mass is 16.5. The van der Waals surface area contributed by atoms with Crippen molar-refractivity contribution in [3.05, 3.63) is 78.5 Å². The molecule has 6 nitrogen and oxygen atoms in total. The zero-order chi connectivity index (χ0) is 22.0. The van der Waals surface area contributed by atoms with Gasteiger partial charge in [-0.25, -0.2) is 4.98 Å². The third kappa shape index (κ3) is 4.44. The molecule has 0 spiro atoms. The molecule has 6 heteroatoms. The van der Waals surface area contributed by atoms with Crippen LogP contribution < -0.4 is 19.9 Å². The van der Waals surface area contributed by atoms with Gasteiger partial charge in [0.15, 0.2) is 0 Å². The molecule has 31 heavy (non-hydrogen) atoms. The van der Waals surface area contributed by atoms with Crippen molar-refractivity contribution in [1.82, 2.24) is 14.9 Å². The Morgan fingerprint density at radius 1 is 1.19 bits per heavy atom. The van der Waals surface area contributed by atoms with Gasteiger partial charge in [-0.3, -0.25) is 0 Å². The summed E-state index contributed by atoms with van der Waals surface area (Å²) in [5.41, 5.74) is 6.64. The van der Waals surface area contributed by atoms with Crippen LogP contribution in [0.1, 0.15) is 17.7 Å². The van der Waals surface area contributed by atoms with Gasteiger partial charge < -0.3 is 24.4 Å². The molecule has 0 aliphatic carbocycles. The number of aromatic nitrogens is 2. The Labute approximate surface area is 184 Å². The number of imidazole rings is 1. The molecule has 3 aromatic rings. The Morgan fingerprint density at radius 3 is 2.61 bits per heavy atom. The minimum absolute atomic E-state index is 0.260. The molecule has 1 aromatic heterocycles. The van der Waals surface area contributed by atoms with Crippen molar-refractivity contribution in [2.75, 3.05) is 37.5 Å². The first kappa shape index (κ1) is 21.0. The van der Waals surface area contributed by atoms with Crippen LogP contribution in [0.3, 0.4) is 0 Å². The Morgan fingerprint density at radius 2 is 1.97 bits per heavy atom. The molecule has 2 heterocycles. The molecule has 1 N–H and O–H groups in total. The molecule has 1 atom stereocenters. The summed E-state index contributed by atoms with van der Waals surface area (Å²) in [6.45, 7) is 8.12. The summed E-state index contributed by atoms with van der Waals surface area (Å²) in [6, 6.07) is 15.2. The van der Waals surface area contributed by atoms with Crippen molar-refractivity contribution >= 4 is 11.4 Å². The van der Waals surface area contributed by atoms with E-state index >= 15 is 0 Å². The molecule has 1 aliphatic rings. The zero-order valence-corrected chi connectivity index (χ0v) is 18.8. The number of hydrogen-bond donors (Lipinski definition) is 1. The number of methoxy groups -OCH3 is 1. The van der Waals surface area contributed by atoms with Gasteiger partial charge in [0.1, 0.15) is 5.75 Å². The molecule has 1 fully saturated rings. The van der Waals surface area contributed by atoms with Gasteiger partial charge in [0.05, 0.1) is 24.8 Å². The summed E-state index contributed by atoms with van der Waals surface area (Å²) in [5, 5.41) is 3.67. The summed E-state index contributed by atoms with van der Waals surface area (Å²) in [6.07, 6.45) is 4.84. The lowest BCUT2D eigenvalue weighted by molar-refractivity contribution is 0.413. The van der Waals surface area contributed by atoms with E-state index in [9.17, 15) is 0 Å². The van der Waals surface area contributed by atoms with Crippen LogP contribution in [0.5, 0.6) is 5.75 Å². The van der Waals surface area contributed by atoms with Crippen LogP contribution >= 0.6 is 0 Å². The summed E-state index contributed by atoms with van der Waals surface area (Å²) < 4.78 is 7.67. The van der Waals surface area contributed by atoms with E-state index < -0.39 is 0 Å². The van der Waals surface area contributed by atoms with E-state index in [0.29, 0.717) is 0 Å². The second-order valence-corrected chi connectivity index (χ2v) is 8.20. The van der Waals surface area contributed by atoms with Crippen molar-refractivity contribution < 1.29 is 4.74 Å². The Hall–Kier alpha value is -3.25. The first-order valence-corrected chi connectivity index (χ1v) is 10.6. The number of benzene rings is 2. The van der Waals surface area contributed by atoms with Gasteiger partial charge in [0.2, 0.25) is 0 Å². The predicted octanol–water partition coefficient (Wildman–Crippen LogP) is 4.14. The van der Waals surface area contributed by atoms with E-state index in [-0.39, 0.29) is 6.04 Å². The molecule has 0 amide bonds. The van der Waals surface area contributed by atoms with Crippen LogP contribution in [0.15, 0.2) is 67.3 Å². The normalized spacial score (nSPS) is 16.1. The fraction of sp³-hybridized carbons (Fsp3) is 0.320. The topological polar surface area (TPSA) is 45.6 Å². The second-order valence-electron chi connectivity index (χ2n) is 8.20. The lowest BCUT2D eigenvalue weighted by Gasteiger charge is -2.23. The minimum atomic E-state index is 0.260. The Kier molecular flexibility index (Phi) is 6.00. The zero-order valence-electron chi connectivity index (χ0n) is 18.8. The van der Waals surface area contributed by atoms with Crippen LogP contribution in [0, 0.1) is 6.92 Å². The van der Waals surface area contributed by atoms with Crippen LogP contribution in [0.4, 0.5) is 11.4 Å². The molecular formula is C25H31N5O. The predicted molar refractivity (Wildman–Crippen MR) is 127 cm³/mol. The Balaban J connectivity index is 1.43. The molecule has 1 unspecified atom stereocenters. The molecule has 0 saturated carbocycles. The van der Waals surface area contributed by atoms with Crippen LogP contribution in [-0.4, -0.2) is 43.3 Å². The van der Waals surface area contributed by atoms with Crippen molar-refractivity contribution in [3.8, 4) is 11.4 Å². The average molecular weight is 418 g/mol. The molecule has 162 valence electrons. The fourth-order valence-corrected chi connectivity index (χ4v) is 4.02. The first-order valence-electron chi connectivity index (χ1n) is 10.6. The molecule has 1 aliphatic heterocycles. The summed E-state index contributed by atoms with van der Waals surface area (Å²) >= 11 is 0. The van der Waals surface area contributed by atoms with Gasteiger partial charge in [-0.05, 0) is 43.2 Å². The second kappa shape index (κ2) is 8.86. The molecule has 4 rings (SSSR count). The number of ether oxygens (including phenoxy) is 1. The van der Waals surface area contributed by atoms with Gasteiger partial charge >= 0.3 is 0 Å². The monoisotopic (exact) mass is 417 g/mol.